The van der Waals surface area contributed by atoms with E-state index >= 15 is 0 Å². The van der Waals surface area contributed by atoms with E-state index in [4.69, 9.17) is 5.73 Å². The Labute approximate surface area is 109 Å². The number of nitrogen functional groups attached to an aromatic ring is 1. The summed E-state index contributed by atoms with van der Waals surface area (Å²) in [4.78, 5) is 14.2. The second kappa shape index (κ2) is 7.13. The number of aromatic nitrogens is 1. The predicted octanol–water partition coefficient (Wildman–Crippen LogP) is 2.36. The number of carbonyl (C=O) groups excluding carboxylic acids is 1. The molecule has 0 aliphatic rings. The van der Waals surface area contributed by atoms with E-state index in [9.17, 15) is 4.79 Å². The Morgan fingerprint density at radius 2 is 2.35 bits per heavy atom. The molecule has 0 atom stereocenters. The molecular weight excluding hydrogens is 256 g/mol. The monoisotopic (exact) mass is 270 g/mol. The molecule has 0 saturated heterocycles. The van der Waals surface area contributed by atoms with E-state index in [0.29, 0.717) is 6.61 Å². The van der Waals surface area contributed by atoms with Crippen LogP contribution in [-0.4, -0.2) is 23.3 Å². The fourth-order valence-electron chi connectivity index (χ4n) is 1.08. The molecule has 2 aromatic rings. The van der Waals surface area contributed by atoms with E-state index in [-0.39, 0.29) is 11.7 Å². The number of hydrogen-bond donors (Lipinski definition) is 2. The van der Waals surface area contributed by atoms with E-state index < -0.39 is 0 Å². The summed E-state index contributed by atoms with van der Waals surface area (Å²) in [7, 11) is 0. The lowest BCUT2D eigenvalue weighted by molar-refractivity contribution is -0.139. The first-order valence-corrected chi connectivity index (χ1v) is 6.53. The highest BCUT2D eigenvalue weighted by molar-refractivity contribution is 7.81. The zero-order valence-corrected chi connectivity index (χ0v) is 11.1. The minimum Gasteiger partial charge on any atom is -0.465 e. The number of esters is 1. The number of anilines is 1. The molecule has 1 aromatic heterocycles. The van der Waals surface area contributed by atoms with Gasteiger partial charge in [0, 0.05) is 5.69 Å². The number of carbonyl (C=O) groups is 1. The molecule has 0 aliphatic heterocycles. The summed E-state index contributed by atoms with van der Waals surface area (Å²) in [5, 5.41) is 0. The Morgan fingerprint density at radius 3 is 2.94 bits per heavy atom. The van der Waals surface area contributed by atoms with Gasteiger partial charge < -0.3 is 10.5 Å². The molecule has 0 bridgehead atoms. The lowest BCUT2D eigenvalue weighted by Gasteiger charge is -1.93. The molecule has 4 nitrogen and oxygen atoms in total. The SMILES string of the molecule is CCOC(=O)CS.Nc1ccc2ncsc2c1. The summed E-state index contributed by atoms with van der Waals surface area (Å²) in [6.45, 7) is 2.21. The first kappa shape index (κ1) is 13.8. The van der Waals surface area contributed by atoms with Crippen molar-refractivity contribution in [3.05, 3.63) is 23.7 Å². The van der Waals surface area contributed by atoms with Crippen molar-refractivity contribution in [3.8, 4) is 0 Å². The molecule has 17 heavy (non-hydrogen) atoms. The topological polar surface area (TPSA) is 65.2 Å². The number of nitrogens with zero attached hydrogens (tertiary/aromatic N) is 1. The van der Waals surface area contributed by atoms with Crippen LogP contribution in [0.2, 0.25) is 0 Å². The van der Waals surface area contributed by atoms with Gasteiger partial charge in [0.25, 0.3) is 0 Å². The number of thiol groups is 1. The van der Waals surface area contributed by atoms with Crippen LogP contribution in [0.15, 0.2) is 23.7 Å². The van der Waals surface area contributed by atoms with Gasteiger partial charge in [0.15, 0.2) is 0 Å². The number of benzene rings is 1. The van der Waals surface area contributed by atoms with Gasteiger partial charge in [-0.05, 0) is 25.1 Å². The molecule has 2 N–H and O–H groups in total. The van der Waals surface area contributed by atoms with Crippen molar-refractivity contribution >= 4 is 45.8 Å². The van der Waals surface area contributed by atoms with Crippen LogP contribution >= 0.6 is 24.0 Å². The number of fused-ring (bicyclic) bond motifs is 1. The lowest BCUT2D eigenvalue weighted by atomic mass is 10.3. The zero-order chi connectivity index (χ0) is 12.7. The van der Waals surface area contributed by atoms with Crippen LogP contribution in [0.4, 0.5) is 5.69 Å². The van der Waals surface area contributed by atoms with Gasteiger partial charge in [0.2, 0.25) is 0 Å². The highest BCUT2D eigenvalue weighted by Gasteiger charge is 1.94. The first-order chi connectivity index (χ1) is 8.17. The first-order valence-electron chi connectivity index (χ1n) is 5.02. The largest absolute Gasteiger partial charge is 0.465 e. The molecular formula is C11H14N2O2S2. The summed E-state index contributed by atoms with van der Waals surface area (Å²) in [6.07, 6.45) is 0. The second-order valence-electron chi connectivity index (χ2n) is 3.04. The van der Waals surface area contributed by atoms with E-state index in [1.54, 1.807) is 18.3 Å². The highest BCUT2D eigenvalue weighted by Crippen LogP contribution is 2.19. The molecule has 92 valence electrons. The van der Waals surface area contributed by atoms with Crippen molar-refractivity contribution < 1.29 is 9.53 Å². The van der Waals surface area contributed by atoms with Crippen molar-refractivity contribution in [2.75, 3.05) is 18.1 Å². The molecule has 1 aromatic carbocycles. The van der Waals surface area contributed by atoms with E-state index in [1.165, 1.54) is 0 Å². The average Bonchev–Trinajstić information content (AvgIpc) is 2.77. The van der Waals surface area contributed by atoms with Gasteiger partial charge in [-0.2, -0.15) is 12.6 Å². The van der Waals surface area contributed by atoms with Crippen molar-refractivity contribution in [2.45, 2.75) is 6.92 Å². The number of thiazole rings is 1. The van der Waals surface area contributed by atoms with Gasteiger partial charge in [-0.25, -0.2) is 4.98 Å². The molecule has 0 radical (unpaired) electrons. The molecule has 0 fully saturated rings. The fraction of sp³-hybridized carbons (Fsp3) is 0.273. The molecule has 2 rings (SSSR count). The minimum atomic E-state index is -0.258. The van der Waals surface area contributed by atoms with Gasteiger partial charge in [0.05, 0.1) is 28.1 Å². The second-order valence-corrected chi connectivity index (χ2v) is 4.25. The van der Waals surface area contributed by atoms with Gasteiger partial charge in [-0.15, -0.1) is 11.3 Å². The van der Waals surface area contributed by atoms with Crippen LogP contribution in [0.25, 0.3) is 10.2 Å². The van der Waals surface area contributed by atoms with Crippen LogP contribution in [0.5, 0.6) is 0 Å². The zero-order valence-electron chi connectivity index (χ0n) is 9.42. The lowest BCUT2D eigenvalue weighted by Crippen LogP contribution is -2.03. The van der Waals surface area contributed by atoms with Crippen LogP contribution in [-0.2, 0) is 9.53 Å². The quantitative estimate of drug-likeness (QED) is 0.499. The third-order valence-electron chi connectivity index (χ3n) is 1.79. The van der Waals surface area contributed by atoms with E-state index in [2.05, 4.69) is 22.3 Å². The number of rotatable bonds is 2. The normalized spacial score (nSPS) is 9.53. The molecule has 0 spiro atoms. The maximum absolute atomic E-state index is 10.1. The molecule has 0 saturated carbocycles. The highest BCUT2D eigenvalue weighted by atomic mass is 32.1. The Kier molecular flexibility index (Phi) is 5.79. The number of hydrogen-bond acceptors (Lipinski definition) is 6. The van der Waals surface area contributed by atoms with Crippen LogP contribution in [0.3, 0.4) is 0 Å². The molecule has 1 heterocycles. The summed E-state index contributed by atoms with van der Waals surface area (Å²) in [5.41, 5.74) is 9.22. The fourth-order valence-corrected chi connectivity index (χ4v) is 1.90. The van der Waals surface area contributed by atoms with Gasteiger partial charge in [0.1, 0.15) is 0 Å². The summed E-state index contributed by atoms with van der Waals surface area (Å²) >= 11 is 5.29. The summed E-state index contributed by atoms with van der Waals surface area (Å²) in [5.74, 6) is -0.0840. The Morgan fingerprint density at radius 1 is 1.59 bits per heavy atom. The predicted molar refractivity (Wildman–Crippen MR) is 74.5 cm³/mol. The van der Waals surface area contributed by atoms with Gasteiger partial charge in [-0.1, -0.05) is 0 Å². The van der Waals surface area contributed by atoms with Crippen LogP contribution in [0, 0.1) is 0 Å². The smallest absolute Gasteiger partial charge is 0.315 e. The third-order valence-corrected chi connectivity index (χ3v) is 2.84. The van der Waals surface area contributed by atoms with Gasteiger partial charge >= 0.3 is 5.97 Å². The average molecular weight is 270 g/mol. The molecule has 0 unspecified atom stereocenters. The van der Waals surface area contributed by atoms with Crippen LogP contribution < -0.4 is 5.73 Å². The maximum Gasteiger partial charge on any atom is 0.315 e. The molecule has 0 amide bonds. The Bertz CT molecular complexity index is 485. The molecule has 6 heteroatoms. The van der Waals surface area contributed by atoms with Gasteiger partial charge in [-0.3, -0.25) is 4.79 Å². The number of nitrogens with two attached hydrogens (primary N) is 1. The van der Waals surface area contributed by atoms with Crippen molar-refractivity contribution in [3.63, 3.8) is 0 Å². The Balaban J connectivity index is 0.000000185. The van der Waals surface area contributed by atoms with Crippen molar-refractivity contribution in [1.82, 2.24) is 4.98 Å². The molecule has 0 aliphatic carbocycles. The Hall–Kier alpha value is -1.27. The van der Waals surface area contributed by atoms with Crippen LogP contribution in [0.1, 0.15) is 6.92 Å². The van der Waals surface area contributed by atoms with Crippen molar-refractivity contribution in [1.29, 1.82) is 0 Å². The number of ether oxygens (including phenoxy) is 1. The minimum absolute atomic E-state index is 0.174. The van der Waals surface area contributed by atoms with Crippen molar-refractivity contribution in [2.24, 2.45) is 0 Å². The summed E-state index contributed by atoms with van der Waals surface area (Å²) in [6, 6.07) is 5.73. The maximum atomic E-state index is 10.1. The van der Waals surface area contributed by atoms with E-state index in [0.717, 1.165) is 15.9 Å². The standard InChI is InChI=1S/C7H6N2S.C4H8O2S/c8-5-1-2-6-7(3-5)10-4-9-6;1-2-6-4(5)3-7/h1-4H,8H2;7H,2-3H2,1H3. The third kappa shape index (κ3) is 4.62. The van der Waals surface area contributed by atoms with E-state index in [1.807, 2.05) is 23.7 Å². The summed E-state index contributed by atoms with van der Waals surface area (Å²) < 4.78 is 5.63.